The second-order valence-electron chi connectivity index (χ2n) is 5.18. The Bertz CT molecular complexity index is 692. The van der Waals surface area contributed by atoms with E-state index in [-0.39, 0.29) is 5.91 Å². The summed E-state index contributed by atoms with van der Waals surface area (Å²) in [7, 11) is 1.98. The van der Waals surface area contributed by atoms with Gasteiger partial charge in [0.1, 0.15) is 6.54 Å². The molecule has 1 amide bonds. The molecule has 0 saturated heterocycles. The maximum absolute atomic E-state index is 12.0. The molecule has 2 aromatic rings. The van der Waals surface area contributed by atoms with Crippen LogP contribution in [0, 0.1) is 11.3 Å². The van der Waals surface area contributed by atoms with Crippen molar-refractivity contribution in [2.24, 2.45) is 0 Å². The molecular formula is C17H17BrN3O+. The Labute approximate surface area is 138 Å². The smallest absolute Gasteiger partial charge is 0.279 e. The summed E-state index contributed by atoms with van der Waals surface area (Å²) in [4.78, 5) is 13.1. The first-order valence-electron chi connectivity index (χ1n) is 6.92. The van der Waals surface area contributed by atoms with E-state index >= 15 is 0 Å². The highest BCUT2D eigenvalue weighted by Gasteiger charge is 2.11. The molecule has 1 unspecified atom stereocenters. The average Bonchev–Trinajstić information content (AvgIpc) is 2.49. The van der Waals surface area contributed by atoms with Gasteiger partial charge < -0.3 is 10.2 Å². The third-order valence-electron chi connectivity index (χ3n) is 3.16. The lowest BCUT2D eigenvalue weighted by atomic mass is 10.2. The van der Waals surface area contributed by atoms with Gasteiger partial charge >= 0.3 is 0 Å². The maximum atomic E-state index is 12.0. The molecule has 1 atom stereocenters. The van der Waals surface area contributed by atoms with Crippen molar-refractivity contribution >= 4 is 27.5 Å². The molecule has 0 radical (unpaired) electrons. The number of anilines is 1. The monoisotopic (exact) mass is 358 g/mol. The van der Waals surface area contributed by atoms with Gasteiger partial charge in [0.15, 0.2) is 6.54 Å². The topological polar surface area (TPSA) is 57.3 Å². The Morgan fingerprint density at radius 3 is 2.68 bits per heavy atom. The van der Waals surface area contributed by atoms with Crippen molar-refractivity contribution in [3.05, 3.63) is 64.1 Å². The van der Waals surface area contributed by atoms with Crippen LogP contribution < -0.4 is 10.2 Å². The van der Waals surface area contributed by atoms with Crippen molar-refractivity contribution in [1.29, 1.82) is 5.26 Å². The van der Waals surface area contributed by atoms with Crippen molar-refractivity contribution < 1.29 is 9.69 Å². The number of nitriles is 1. The number of quaternary nitrogens is 1. The average molecular weight is 359 g/mol. The summed E-state index contributed by atoms with van der Waals surface area (Å²) in [5.74, 6) is -0.0651. The molecule has 0 bridgehead atoms. The Hall–Kier alpha value is -2.16. The summed E-state index contributed by atoms with van der Waals surface area (Å²) in [5.41, 5.74) is 2.37. The van der Waals surface area contributed by atoms with Crippen molar-refractivity contribution in [1.82, 2.24) is 0 Å². The number of carbonyl (C=O) groups is 1. The van der Waals surface area contributed by atoms with E-state index in [1.807, 2.05) is 31.3 Å². The van der Waals surface area contributed by atoms with Gasteiger partial charge in [-0.25, -0.2) is 0 Å². The van der Waals surface area contributed by atoms with Gasteiger partial charge in [0.05, 0.1) is 18.7 Å². The zero-order valence-corrected chi connectivity index (χ0v) is 13.9. The van der Waals surface area contributed by atoms with E-state index in [0.29, 0.717) is 17.8 Å². The molecule has 2 aromatic carbocycles. The van der Waals surface area contributed by atoms with E-state index in [1.54, 1.807) is 24.3 Å². The molecule has 0 spiro atoms. The fourth-order valence-corrected chi connectivity index (χ4v) is 2.42. The van der Waals surface area contributed by atoms with Crippen molar-refractivity contribution in [2.45, 2.75) is 6.54 Å². The molecule has 22 heavy (non-hydrogen) atoms. The number of likely N-dealkylation sites (N-methyl/N-ethyl adjacent to an activating group) is 1. The van der Waals surface area contributed by atoms with Gasteiger partial charge in [-0.1, -0.05) is 34.1 Å². The van der Waals surface area contributed by atoms with Crippen LogP contribution in [0.3, 0.4) is 0 Å². The minimum atomic E-state index is -0.0651. The first kappa shape index (κ1) is 16.2. The molecule has 0 aromatic heterocycles. The second kappa shape index (κ2) is 7.74. The molecule has 0 heterocycles. The number of hydrogen-bond acceptors (Lipinski definition) is 2. The lowest BCUT2D eigenvalue weighted by Gasteiger charge is -2.14. The Morgan fingerprint density at radius 2 is 2.00 bits per heavy atom. The van der Waals surface area contributed by atoms with Crippen LogP contribution in [0.25, 0.3) is 0 Å². The van der Waals surface area contributed by atoms with Crippen molar-refractivity contribution in [3.63, 3.8) is 0 Å². The molecule has 2 N–H and O–H groups in total. The minimum absolute atomic E-state index is 0.0651. The lowest BCUT2D eigenvalue weighted by Crippen LogP contribution is -3.08. The van der Waals surface area contributed by atoms with Crippen molar-refractivity contribution in [2.75, 3.05) is 18.9 Å². The van der Waals surface area contributed by atoms with Gasteiger partial charge in [-0.2, -0.15) is 5.26 Å². The summed E-state index contributed by atoms with van der Waals surface area (Å²) in [6.07, 6.45) is 0. The summed E-state index contributed by atoms with van der Waals surface area (Å²) in [6, 6.07) is 17.1. The maximum Gasteiger partial charge on any atom is 0.279 e. The van der Waals surface area contributed by atoms with Crippen LogP contribution in [0.2, 0.25) is 0 Å². The molecule has 4 nitrogen and oxygen atoms in total. The number of benzene rings is 2. The Morgan fingerprint density at radius 1 is 1.27 bits per heavy atom. The number of nitrogens with zero attached hydrogens (tertiary/aromatic N) is 1. The van der Waals surface area contributed by atoms with Crippen LogP contribution in [0.15, 0.2) is 53.0 Å². The van der Waals surface area contributed by atoms with E-state index < -0.39 is 0 Å². The summed E-state index contributed by atoms with van der Waals surface area (Å²) in [5, 5.41) is 11.7. The molecule has 5 heteroatoms. The number of carbonyl (C=O) groups excluding carboxylic acids is 1. The minimum Gasteiger partial charge on any atom is -0.326 e. The summed E-state index contributed by atoms with van der Waals surface area (Å²) < 4.78 is 1.05. The number of amides is 1. The highest BCUT2D eigenvalue weighted by atomic mass is 79.9. The Kier molecular flexibility index (Phi) is 5.70. The number of rotatable bonds is 5. The third kappa shape index (κ3) is 4.99. The summed E-state index contributed by atoms with van der Waals surface area (Å²) >= 11 is 3.41. The van der Waals surface area contributed by atoms with Gasteiger partial charge in [0.2, 0.25) is 0 Å². The zero-order valence-electron chi connectivity index (χ0n) is 12.3. The quantitative estimate of drug-likeness (QED) is 0.858. The van der Waals surface area contributed by atoms with Crippen molar-refractivity contribution in [3.8, 4) is 6.07 Å². The second-order valence-corrected chi connectivity index (χ2v) is 6.09. The molecular weight excluding hydrogens is 342 g/mol. The SMILES string of the molecule is C[NH+](CC(=O)Nc1cccc(C#N)c1)Cc1ccc(Br)cc1. The fourth-order valence-electron chi connectivity index (χ4n) is 2.16. The zero-order chi connectivity index (χ0) is 15.9. The van der Waals surface area contributed by atoms with Gasteiger partial charge in [-0.05, 0) is 30.3 Å². The molecule has 0 aliphatic carbocycles. The number of hydrogen-bond donors (Lipinski definition) is 2. The first-order chi connectivity index (χ1) is 10.6. The van der Waals surface area contributed by atoms with E-state index in [0.717, 1.165) is 15.9 Å². The molecule has 0 aliphatic rings. The van der Waals surface area contributed by atoms with E-state index in [9.17, 15) is 4.79 Å². The largest absolute Gasteiger partial charge is 0.326 e. The lowest BCUT2D eigenvalue weighted by molar-refractivity contribution is -0.885. The summed E-state index contributed by atoms with van der Waals surface area (Å²) in [6.45, 7) is 1.14. The van der Waals surface area contributed by atoms with Crippen LogP contribution in [-0.2, 0) is 11.3 Å². The van der Waals surface area contributed by atoms with Gasteiger partial charge in [-0.3, -0.25) is 4.79 Å². The van der Waals surface area contributed by atoms with Gasteiger partial charge in [-0.15, -0.1) is 0 Å². The van der Waals surface area contributed by atoms with Crippen LogP contribution in [0.5, 0.6) is 0 Å². The van der Waals surface area contributed by atoms with Crippen LogP contribution in [-0.4, -0.2) is 19.5 Å². The number of halogens is 1. The predicted octanol–water partition coefficient (Wildman–Crippen LogP) is 1.97. The normalized spacial score (nSPS) is 11.5. The molecule has 2 rings (SSSR count). The third-order valence-corrected chi connectivity index (χ3v) is 3.69. The highest BCUT2D eigenvalue weighted by Crippen LogP contribution is 2.10. The molecule has 0 aliphatic heterocycles. The standard InChI is InChI=1S/C17H16BrN3O/c1-21(11-13-5-7-15(18)8-6-13)12-17(22)20-16-4-2-3-14(9-16)10-19/h2-9H,11-12H2,1H3,(H,20,22)/p+1. The van der Waals surface area contributed by atoms with Crippen LogP contribution in [0.1, 0.15) is 11.1 Å². The van der Waals surface area contributed by atoms with Gasteiger partial charge in [0.25, 0.3) is 5.91 Å². The fraction of sp³-hybridized carbons (Fsp3) is 0.176. The first-order valence-corrected chi connectivity index (χ1v) is 7.72. The van der Waals surface area contributed by atoms with E-state index in [2.05, 4.69) is 27.3 Å². The Balaban J connectivity index is 1.88. The molecule has 0 saturated carbocycles. The van der Waals surface area contributed by atoms with Crippen LogP contribution in [0.4, 0.5) is 5.69 Å². The molecule has 0 fully saturated rings. The van der Waals surface area contributed by atoms with E-state index in [1.165, 1.54) is 5.56 Å². The highest BCUT2D eigenvalue weighted by molar-refractivity contribution is 9.10. The number of nitrogens with one attached hydrogen (secondary N) is 2. The van der Waals surface area contributed by atoms with Gasteiger partial charge in [0, 0.05) is 15.7 Å². The molecule has 112 valence electrons. The van der Waals surface area contributed by atoms with Crippen LogP contribution >= 0.6 is 15.9 Å². The predicted molar refractivity (Wildman–Crippen MR) is 89.4 cm³/mol. The van der Waals surface area contributed by atoms with E-state index in [4.69, 9.17) is 5.26 Å².